The van der Waals surface area contributed by atoms with E-state index in [1.54, 1.807) is 0 Å². The molecule has 136 valence electrons. The minimum absolute atomic E-state index is 0.0947. The quantitative estimate of drug-likeness (QED) is 0.637. The molecule has 0 unspecified atom stereocenters. The standard InChI is InChI=1S/C20H34N2OS/c1-16(14-23)15-24-18(3)21-17(2)22(19-10-6-4-7-11-19)20-12-8-5-9-13-20/h15,19-21,23H,2-14H2,1H3/b16-15+. The van der Waals surface area contributed by atoms with Gasteiger partial charge in [0, 0.05) is 12.1 Å². The third kappa shape index (κ3) is 5.89. The molecule has 2 N–H and O–H groups in total. The summed E-state index contributed by atoms with van der Waals surface area (Å²) >= 11 is 1.53. The lowest BCUT2D eigenvalue weighted by atomic mass is 9.88. The van der Waals surface area contributed by atoms with Gasteiger partial charge in [0.25, 0.3) is 0 Å². The van der Waals surface area contributed by atoms with Gasteiger partial charge in [-0.3, -0.25) is 0 Å². The molecular weight excluding hydrogens is 316 g/mol. The Morgan fingerprint density at radius 2 is 1.54 bits per heavy atom. The van der Waals surface area contributed by atoms with E-state index in [9.17, 15) is 0 Å². The smallest absolute Gasteiger partial charge is 0.0992 e. The highest BCUT2D eigenvalue weighted by Gasteiger charge is 2.29. The van der Waals surface area contributed by atoms with E-state index in [0.717, 1.165) is 16.4 Å². The maximum Gasteiger partial charge on any atom is 0.0992 e. The van der Waals surface area contributed by atoms with Crippen LogP contribution in [0.15, 0.2) is 35.0 Å². The van der Waals surface area contributed by atoms with E-state index in [1.165, 1.54) is 76.0 Å². The van der Waals surface area contributed by atoms with E-state index in [-0.39, 0.29) is 6.61 Å². The van der Waals surface area contributed by atoms with Gasteiger partial charge in [0.05, 0.1) is 17.5 Å². The van der Waals surface area contributed by atoms with Crippen molar-refractivity contribution in [2.75, 3.05) is 6.61 Å². The molecule has 2 rings (SSSR count). The summed E-state index contributed by atoms with van der Waals surface area (Å²) < 4.78 is 0. The Morgan fingerprint density at radius 3 is 2.00 bits per heavy atom. The molecule has 0 amide bonds. The second kappa shape index (κ2) is 10.2. The number of nitrogens with zero attached hydrogens (tertiary/aromatic N) is 1. The topological polar surface area (TPSA) is 35.5 Å². The Balaban J connectivity index is 1.99. The SMILES string of the molecule is C=C(NC(=C)N(C1CCCCC1)C1CCCCC1)S/C=C(\C)CO. The van der Waals surface area contributed by atoms with Crippen LogP contribution in [0.4, 0.5) is 0 Å². The van der Waals surface area contributed by atoms with Crippen LogP contribution in [0.5, 0.6) is 0 Å². The summed E-state index contributed by atoms with van der Waals surface area (Å²) in [4.78, 5) is 2.59. The maximum atomic E-state index is 9.10. The van der Waals surface area contributed by atoms with Crippen molar-refractivity contribution < 1.29 is 5.11 Å². The maximum absolute atomic E-state index is 9.10. The second-order valence-corrected chi connectivity index (χ2v) is 8.19. The fraction of sp³-hybridized carbons (Fsp3) is 0.700. The lowest BCUT2D eigenvalue weighted by molar-refractivity contribution is 0.113. The molecule has 0 aromatic rings. The first-order valence-corrected chi connectivity index (χ1v) is 10.4. The molecule has 4 heteroatoms. The Hall–Kier alpha value is -0.870. The molecule has 0 aliphatic heterocycles. The summed E-state index contributed by atoms with van der Waals surface area (Å²) in [5.74, 6) is 1.02. The molecule has 0 saturated heterocycles. The minimum atomic E-state index is 0.0947. The van der Waals surface area contributed by atoms with Gasteiger partial charge >= 0.3 is 0 Å². The monoisotopic (exact) mass is 350 g/mol. The Bertz CT molecular complexity index is 431. The van der Waals surface area contributed by atoms with E-state index in [0.29, 0.717) is 12.1 Å². The Kier molecular flexibility index (Phi) is 8.26. The first-order valence-electron chi connectivity index (χ1n) is 9.48. The molecular formula is C20H34N2OS. The molecule has 0 aromatic carbocycles. The van der Waals surface area contributed by atoms with Crippen molar-refractivity contribution in [3.63, 3.8) is 0 Å². The predicted octanol–water partition coefficient (Wildman–Crippen LogP) is 5.12. The molecule has 0 radical (unpaired) electrons. The van der Waals surface area contributed by atoms with Gasteiger partial charge < -0.3 is 15.3 Å². The van der Waals surface area contributed by atoms with E-state index in [1.807, 2.05) is 12.3 Å². The van der Waals surface area contributed by atoms with E-state index < -0.39 is 0 Å². The van der Waals surface area contributed by atoms with Gasteiger partial charge in [-0.1, -0.05) is 63.4 Å². The molecule has 3 nitrogen and oxygen atoms in total. The van der Waals surface area contributed by atoms with Crippen molar-refractivity contribution in [1.82, 2.24) is 10.2 Å². The van der Waals surface area contributed by atoms with E-state index in [4.69, 9.17) is 5.11 Å². The van der Waals surface area contributed by atoms with Crippen LogP contribution in [0.1, 0.15) is 71.1 Å². The molecule has 24 heavy (non-hydrogen) atoms. The van der Waals surface area contributed by atoms with Crippen molar-refractivity contribution in [2.45, 2.75) is 83.2 Å². The fourth-order valence-corrected chi connectivity index (χ4v) is 4.52. The van der Waals surface area contributed by atoms with Crippen LogP contribution in [-0.4, -0.2) is 28.7 Å². The number of rotatable bonds is 8. The van der Waals surface area contributed by atoms with Gasteiger partial charge in [-0.15, -0.1) is 0 Å². The predicted molar refractivity (Wildman–Crippen MR) is 105 cm³/mol. The highest BCUT2D eigenvalue weighted by molar-refractivity contribution is 8.05. The first-order chi connectivity index (χ1) is 11.6. The Labute approximate surface area is 152 Å². The van der Waals surface area contributed by atoms with Gasteiger partial charge in [0.1, 0.15) is 0 Å². The summed E-state index contributed by atoms with van der Waals surface area (Å²) in [5, 5.41) is 15.4. The van der Waals surface area contributed by atoms with Crippen LogP contribution in [0.25, 0.3) is 0 Å². The van der Waals surface area contributed by atoms with Crippen LogP contribution in [0.3, 0.4) is 0 Å². The first kappa shape index (κ1) is 19.5. The lowest BCUT2D eigenvalue weighted by Crippen LogP contribution is -2.47. The van der Waals surface area contributed by atoms with Crippen molar-refractivity contribution >= 4 is 11.8 Å². The molecule has 0 heterocycles. The zero-order valence-corrected chi connectivity index (χ0v) is 16.0. The van der Waals surface area contributed by atoms with Crippen molar-refractivity contribution in [3.8, 4) is 0 Å². The van der Waals surface area contributed by atoms with Gasteiger partial charge in [-0.05, 0) is 43.6 Å². The van der Waals surface area contributed by atoms with Crippen LogP contribution >= 0.6 is 11.8 Å². The summed E-state index contributed by atoms with van der Waals surface area (Å²) in [5.41, 5.74) is 0.949. The highest BCUT2D eigenvalue weighted by Crippen LogP contribution is 2.32. The van der Waals surface area contributed by atoms with E-state index >= 15 is 0 Å². The molecule has 2 saturated carbocycles. The van der Waals surface area contributed by atoms with Crippen molar-refractivity contribution in [3.05, 3.63) is 35.0 Å². The molecule has 0 bridgehead atoms. The zero-order valence-electron chi connectivity index (χ0n) is 15.2. The number of hydrogen-bond donors (Lipinski definition) is 2. The summed E-state index contributed by atoms with van der Waals surface area (Å²) in [7, 11) is 0. The number of aliphatic hydroxyl groups excluding tert-OH is 1. The molecule has 2 fully saturated rings. The molecule has 0 spiro atoms. The Morgan fingerprint density at radius 1 is 1.04 bits per heavy atom. The van der Waals surface area contributed by atoms with Gasteiger partial charge in [-0.25, -0.2) is 0 Å². The van der Waals surface area contributed by atoms with E-state index in [2.05, 4.69) is 23.4 Å². The van der Waals surface area contributed by atoms with Gasteiger partial charge in [-0.2, -0.15) is 0 Å². The van der Waals surface area contributed by atoms with Crippen molar-refractivity contribution in [2.24, 2.45) is 0 Å². The molecule has 0 aromatic heterocycles. The number of hydrogen-bond acceptors (Lipinski definition) is 4. The summed E-state index contributed by atoms with van der Waals surface area (Å²) in [6.07, 6.45) is 13.3. The average molecular weight is 351 g/mol. The van der Waals surface area contributed by atoms with Crippen LogP contribution in [0.2, 0.25) is 0 Å². The normalized spacial score (nSPS) is 20.7. The zero-order chi connectivity index (χ0) is 17.4. The minimum Gasteiger partial charge on any atom is -0.392 e. The average Bonchev–Trinajstić information content (AvgIpc) is 2.61. The largest absolute Gasteiger partial charge is 0.392 e. The highest BCUT2D eigenvalue weighted by atomic mass is 32.2. The van der Waals surface area contributed by atoms with Gasteiger partial charge in [0.2, 0.25) is 0 Å². The molecule has 2 aliphatic rings. The fourth-order valence-electron chi connectivity index (χ4n) is 3.92. The second-order valence-electron chi connectivity index (χ2n) is 7.23. The van der Waals surface area contributed by atoms with Crippen molar-refractivity contribution in [1.29, 1.82) is 0 Å². The third-order valence-electron chi connectivity index (χ3n) is 5.18. The van der Waals surface area contributed by atoms with Gasteiger partial charge in [0.15, 0.2) is 0 Å². The molecule has 0 atom stereocenters. The van der Waals surface area contributed by atoms with Crippen LogP contribution in [0, 0.1) is 0 Å². The molecule has 2 aliphatic carbocycles. The lowest BCUT2D eigenvalue weighted by Gasteiger charge is -2.44. The van der Waals surface area contributed by atoms with Crippen LogP contribution in [-0.2, 0) is 0 Å². The van der Waals surface area contributed by atoms with Crippen LogP contribution < -0.4 is 5.32 Å². The summed E-state index contributed by atoms with van der Waals surface area (Å²) in [6, 6.07) is 1.27. The number of aliphatic hydroxyl groups is 1. The third-order valence-corrected chi connectivity index (χ3v) is 6.09. The number of nitrogens with one attached hydrogen (secondary N) is 1. The number of thioether (sulfide) groups is 1. The summed E-state index contributed by atoms with van der Waals surface area (Å²) in [6.45, 7) is 10.5.